The van der Waals surface area contributed by atoms with E-state index in [4.69, 9.17) is 0 Å². The molecule has 0 aromatic carbocycles. The van der Waals surface area contributed by atoms with Gasteiger partial charge in [0.05, 0.1) is 0 Å². The predicted octanol–water partition coefficient (Wildman–Crippen LogP) is -1.01. The zero-order chi connectivity index (χ0) is 14.6. The van der Waals surface area contributed by atoms with Crippen molar-refractivity contribution in [2.24, 2.45) is 0 Å². The van der Waals surface area contributed by atoms with Crippen LogP contribution in [0.5, 0.6) is 0 Å². The molecule has 8 heteroatoms. The van der Waals surface area contributed by atoms with E-state index in [0.29, 0.717) is 25.7 Å². The smallest absolute Gasteiger partial charge is 0.550 e. The molecule has 0 aromatic heterocycles. The summed E-state index contributed by atoms with van der Waals surface area (Å²) in [5.41, 5.74) is 0. The van der Waals surface area contributed by atoms with Gasteiger partial charge < -0.3 is 19.8 Å². The van der Waals surface area contributed by atoms with Gasteiger partial charge in [-0.25, -0.2) is 0 Å². The van der Waals surface area contributed by atoms with Gasteiger partial charge in [0.15, 0.2) is 0 Å². The first-order valence-electron chi connectivity index (χ1n) is 5.76. The number of hydrogen-bond donors (Lipinski definition) is 0. The van der Waals surface area contributed by atoms with Crippen molar-refractivity contribution in [1.29, 1.82) is 0 Å². The molecule has 0 rings (SSSR count). The number of hydrogen-bond acceptors (Lipinski definition) is 6. The maximum atomic E-state index is 10.4. The number of carboxylic acid groups (broad SMARTS) is 2. The van der Waals surface area contributed by atoms with Crippen LogP contribution in [-0.4, -0.2) is 23.5 Å². The zero-order valence-electron chi connectivity index (χ0n) is 11.7. The van der Waals surface area contributed by atoms with Crippen molar-refractivity contribution in [2.75, 3.05) is 0 Å². The molecular weight excluding hydrogens is 336 g/mol. The molecule has 0 aromatic rings. The van der Waals surface area contributed by atoms with Gasteiger partial charge in [-0.3, -0.25) is 9.59 Å². The van der Waals surface area contributed by atoms with Gasteiger partial charge in [0.25, 0.3) is 0 Å². The summed E-state index contributed by atoms with van der Waals surface area (Å²) in [6.07, 6.45) is 1.21. The van der Waals surface area contributed by atoms with Crippen LogP contribution in [0.25, 0.3) is 0 Å². The molecular formula is C12H18O6Ti2+6. The van der Waals surface area contributed by atoms with Crippen LogP contribution < -0.4 is 10.2 Å². The minimum absolute atomic E-state index is 0. The van der Waals surface area contributed by atoms with Crippen LogP contribution in [-0.2, 0) is 62.6 Å². The molecule has 0 bridgehead atoms. The third kappa shape index (κ3) is 26.3. The standard InChI is InChI=1S/2C6H10O3.2Ti/c2*1-2-3-5(7)4-6(8)9;;/h2*2-4H2,1H3,(H,8,9);;/q;;2*+4/p-2. The molecule has 0 radical (unpaired) electrons. The topological polar surface area (TPSA) is 114 Å². The summed E-state index contributed by atoms with van der Waals surface area (Å²) < 4.78 is 0. The Morgan fingerprint density at radius 2 is 0.950 bits per heavy atom. The van der Waals surface area contributed by atoms with Gasteiger partial charge in [0.1, 0.15) is 11.6 Å². The Kier molecular flexibility index (Phi) is 26.2. The van der Waals surface area contributed by atoms with Crippen LogP contribution in [0.1, 0.15) is 52.4 Å². The number of aliphatic carboxylic acids is 2. The molecule has 0 amide bonds. The van der Waals surface area contributed by atoms with E-state index < -0.39 is 24.8 Å². The average Bonchev–Trinajstić information content (AvgIpc) is 2.16. The van der Waals surface area contributed by atoms with Crippen molar-refractivity contribution in [3.05, 3.63) is 0 Å². The van der Waals surface area contributed by atoms with Gasteiger partial charge in [-0.1, -0.05) is 13.8 Å². The molecule has 0 spiro atoms. The number of rotatable bonds is 8. The minimum atomic E-state index is -1.28. The Morgan fingerprint density at radius 1 is 0.700 bits per heavy atom. The van der Waals surface area contributed by atoms with E-state index in [0.717, 1.165) is 0 Å². The Labute approximate surface area is 148 Å². The quantitative estimate of drug-likeness (QED) is 0.407. The molecule has 0 aliphatic heterocycles. The van der Waals surface area contributed by atoms with Crippen LogP contribution >= 0.6 is 0 Å². The first kappa shape index (κ1) is 28.0. The van der Waals surface area contributed by atoms with Gasteiger partial charge in [-0.05, 0) is 12.8 Å². The fourth-order valence-electron chi connectivity index (χ4n) is 1.06. The number of carbonyl (C=O) groups excluding carboxylic acids is 4. The molecule has 0 saturated carbocycles. The molecule has 0 heterocycles. The summed E-state index contributed by atoms with van der Waals surface area (Å²) in [4.78, 5) is 40.4. The summed E-state index contributed by atoms with van der Waals surface area (Å²) in [6, 6.07) is 0. The van der Waals surface area contributed by atoms with Gasteiger partial charge in [-0.2, -0.15) is 0 Å². The monoisotopic (exact) mass is 354 g/mol. The van der Waals surface area contributed by atoms with E-state index in [-0.39, 0.29) is 55.0 Å². The Hall–Kier alpha value is -0.291. The molecule has 20 heavy (non-hydrogen) atoms. The van der Waals surface area contributed by atoms with Crippen LogP contribution in [0.3, 0.4) is 0 Å². The van der Waals surface area contributed by atoms with E-state index in [1.54, 1.807) is 0 Å². The molecule has 0 fully saturated rings. The third-order valence-corrected chi connectivity index (χ3v) is 1.74. The molecule has 0 aliphatic rings. The fourth-order valence-corrected chi connectivity index (χ4v) is 1.06. The number of Topliss-reactive ketones (excluding diaryl/α,β-unsaturated/α-hetero) is 2. The van der Waals surface area contributed by atoms with Crippen LogP contribution in [0, 0.1) is 0 Å². The molecule has 0 atom stereocenters. The Morgan fingerprint density at radius 3 is 1.10 bits per heavy atom. The second kappa shape index (κ2) is 18.7. The molecule has 0 aliphatic carbocycles. The minimum Gasteiger partial charge on any atom is -0.550 e. The first-order chi connectivity index (χ1) is 8.33. The van der Waals surface area contributed by atoms with Gasteiger partial charge in [-0.15, -0.1) is 0 Å². The normalized spacial score (nSPS) is 8.10. The van der Waals surface area contributed by atoms with Crippen molar-refractivity contribution >= 4 is 23.5 Å². The van der Waals surface area contributed by atoms with Gasteiger partial charge >= 0.3 is 43.4 Å². The molecule has 0 saturated heterocycles. The summed E-state index contributed by atoms with van der Waals surface area (Å²) in [5, 5.41) is 19.5. The first-order valence-corrected chi connectivity index (χ1v) is 5.76. The number of carboxylic acids is 2. The maximum Gasteiger partial charge on any atom is 4.00 e. The molecule has 104 valence electrons. The van der Waals surface area contributed by atoms with Crippen molar-refractivity contribution < 1.29 is 72.8 Å². The molecule has 0 N–H and O–H groups in total. The molecule has 0 unspecified atom stereocenters. The van der Waals surface area contributed by atoms with Crippen LogP contribution in [0.4, 0.5) is 0 Å². The largest absolute Gasteiger partial charge is 4.00 e. The van der Waals surface area contributed by atoms with Crippen LogP contribution in [0.15, 0.2) is 0 Å². The Bertz CT molecular complexity index is 274. The summed E-state index contributed by atoms with van der Waals surface area (Å²) in [5.74, 6) is -3.07. The van der Waals surface area contributed by atoms with E-state index in [1.165, 1.54) is 0 Å². The summed E-state index contributed by atoms with van der Waals surface area (Å²) in [6.45, 7) is 3.65. The zero-order valence-corrected chi connectivity index (χ0v) is 14.8. The van der Waals surface area contributed by atoms with Crippen molar-refractivity contribution in [2.45, 2.75) is 52.4 Å². The fraction of sp³-hybridized carbons (Fsp3) is 0.667. The molecule has 6 nitrogen and oxygen atoms in total. The van der Waals surface area contributed by atoms with E-state index >= 15 is 0 Å². The second-order valence-electron chi connectivity index (χ2n) is 3.67. The van der Waals surface area contributed by atoms with Crippen molar-refractivity contribution in [3.8, 4) is 0 Å². The number of carbonyl (C=O) groups is 4. The van der Waals surface area contributed by atoms with Gasteiger partial charge in [0.2, 0.25) is 0 Å². The van der Waals surface area contributed by atoms with E-state index in [9.17, 15) is 29.4 Å². The maximum absolute atomic E-state index is 10.4. The summed E-state index contributed by atoms with van der Waals surface area (Å²) >= 11 is 0. The van der Waals surface area contributed by atoms with Crippen molar-refractivity contribution in [1.82, 2.24) is 0 Å². The summed E-state index contributed by atoms with van der Waals surface area (Å²) in [7, 11) is 0. The second-order valence-corrected chi connectivity index (χ2v) is 3.67. The SMILES string of the molecule is CCCC(=O)CC(=O)[O-].CCCC(=O)CC(=O)[O-].[Ti+4].[Ti+4]. The van der Waals surface area contributed by atoms with Gasteiger partial charge in [0, 0.05) is 37.6 Å². The van der Waals surface area contributed by atoms with E-state index in [1.807, 2.05) is 13.8 Å². The number of ketones is 2. The van der Waals surface area contributed by atoms with Crippen molar-refractivity contribution in [3.63, 3.8) is 0 Å². The van der Waals surface area contributed by atoms with Crippen LogP contribution in [0.2, 0.25) is 0 Å². The third-order valence-electron chi connectivity index (χ3n) is 1.74. The predicted molar refractivity (Wildman–Crippen MR) is 59.1 cm³/mol. The van der Waals surface area contributed by atoms with E-state index in [2.05, 4.69) is 0 Å². The Balaban J connectivity index is -0.000000116. The average molecular weight is 354 g/mol.